The minimum Gasteiger partial charge on any atom is -0.497 e. The van der Waals surface area contributed by atoms with E-state index in [-0.39, 0.29) is 28.5 Å². The number of Topliss-reactive ketones (excluding diaryl/α,β-unsaturated/α-hetero) is 1. The van der Waals surface area contributed by atoms with Gasteiger partial charge in [0, 0.05) is 17.5 Å². The van der Waals surface area contributed by atoms with E-state index in [1.165, 1.54) is 5.56 Å². The second-order valence-electron chi connectivity index (χ2n) is 10.8. The number of thioether (sulfide) groups is 1. The highest BCUT2D eigenvalue weighted by Crippen LogP contribution is 2.66. The first-order chi connectivity index (χ1) is 17.7. The largest absolute Gasteiger partial charge is 0.497 e. The average molecular weight is 519 g/mol. The molecule has 8 heteroatoms. The molecular weight excluding hydrogens is 484 g/mol. The summed E-state index contributed by atoms with van der Waals surface area (Å²) in [5, 5.41) is 12.6. The molecule has 2 aliphatic carbocycles. The summed E-state index contributed by atoms with van der Waals surface area (Å²) in [6.45, 7) is 7.53. The lowest BCUT2D eigenvalue weighted by atomic mass is 9.70. The van der Waals surface area contributed by atoms with Gasteiger partial charge in [0.1, 0.15) is 5.75 Å². The first-order valence-electron chi connectivity index (χ1n) is 12.8. The van der Waals surface area contributed by atoms with E-state index in [4.69, 9.17) is 4.74 Å². The van der Waals surface area contributed by atoms with Crippen LogP contribution in [0.1, 0.15) is 55.4 Å². The highest BCUT2D eigenvalue weighted by atomic mass is 32.2. The van der Waals surface area contributed by atoms with E-state index in [9.17, 15) is 9.59 Å². The van der Waals surface area contributed by atoms with Gasteiger partial charge in [0.05, 0.1) is 18.9 Å². The van der Waals surface area contributed by atoms with Gasteiger partial charge in [-0.05, 0) is 60.4 Å². The van der Waals surface area contributed by atoms with E-state index in [1.54, 1.807) is 43.1 Å². The molecule has 1 aromatic heterocycles. The number of carbonyl (C=O) groups is 2. The Kier molecular flexibility index (Phi) is 6.88. The van der Waals surface area contributed by atoms with Crippen molar-refractivity contribution in [3.63, 3.8) is 0 Å². The first kappa shape index (κ1) is 25.5. The summed E-state index contributed by atoms with van der Waals surface area (Å²) in [5.41, 5.74) is 1.46. The van der Waals surface area contributed by atoms with Crippen LogP contribution >= 0.6 is 11.8 Å². The number of aromatic nitrogens is 3. The number of rotatable bonds is 9. The molecule has 3 atom stereocenters. The molecule has 2 saturated carbocycles. The Morgan fingerprint density at radius 1 is 1.11 bits per heavy atom. The number of amides is 1. The van der Waals surface area contributed by atoms with Gasteiger partial charge in [0.2, 0.25) is 0 Å². The third kappa shape index (κ3) is 4.56. The van der Waals surface area contributed by atoms with Gasteiger partial charge in [-0.1, -0.05) is 62.9 Å². The lowest BCUT2D eigenvalue weighted by Gasteiger charge is -2.32. The minimum absolute atomic E-state index is 0.0220. The summed E-state index contributed by atoms with van der Waals surface area (Å²) in [5.74, 6) is 1.86. The van der Waals surface area contributed by atoms with Crippen LogP contribution in [0, 0.1) is 16.7 Å². The van der Waals surface area contributed by atoms with Crippen molar-refractivity contribution in [2.24, 2.45) is 16.7 Å². The van der Waals surface area contributed by atoms with E-state index in [1.807, 2.05) is 18.2 Å². The van der Waals surface area contributed by atoms with Crippen LogP contribution in [0.15, 0.2) is 59.8 Å². The van der Waals surface area contributed by atoms with Gasteiger partial charge in [-0.15, -0.1) is 10.2 Å². The molecule has 5 rings (SSSR count). The third-order valence-corrected chi connectivity index (χ3v) is 10.0. The number of hydrogen-bond acceptors (Lipinski definition) is 6. The van der Waals surface area contributed by atoms with Crippen molar-refractivity contribution >= 4 is 23.5 Å². The first-order valence-corrected chi connectivity index (χ1v) is 13.7. The van der Waals surface area contributed by atoms with Gasteiger partial charge in [-0.25, -0.2) is 0 Å². The van der Waals surface area contributed by atoms with Crippen LogP contribution in [-0.4, -0.2) is 38.8 Å². The second-order valence-corrected chi connectivity index (χ2v) is 11.9. The SMILES string of the molecule is COc1ccc(C(=O)NCc2nnc(SC3C(=O)C4(C)CCC3C4(C)C)n2CCc2ccccc2)cc1. The maximum atomic E-state index is 13.5. The van der Waals surface area contributed by atoms with Crippen molar-refractivity contribution in [3.05, 3.63) is 71.5 Å². The van der Waals surface area contributed by atoms with Gasteiger partial charge in [-0.2, -0.15) is 0 Å². The number of nitrogens with one attached hydrogen (secondary N) is 1. The highest BCUT2D eigenvalue weighted by molar-refractivity contribution is 8.00. The molecule has 194 valence electrons. The molecule has 3 unspecified atom stereocenters. The molecule has 2 aromatic carbocycles. The Bertz CT molecular complexity index is 1290. The number of fused-ring (bicyclic) bond motifs is 2. The van der Waals surface area contributed by atoms with Crippen molar-refractivity contribution in [2.45, 2.75) is 63.5 Å². The number of aryl methyl sites for hydroxylation is 1. The summed E-state index contributed by atoms with van der Waals surface area (Å²) in [4.78, 5) is 26.3. The van der Waals surface area contributed by atoms with Gasteiger partial charge in [-0.3, -0.25) is 9.59 Å². The summed E-state index contributed by atoms with van der Waals surface area (Å²) in [7, 11) is 1.60. The Balaban J connectivity index is 1.36. The number of carbonyl (C=O) groups excluding carboxylic acids is 2. The third-order valence-electron chi connectivity index (χ3n) is 8.72. The fourth-order valence-electron chi connectivity index (χ4n) is 5.90. The Morgan fingerprint density at radius 2 is 1.84 bits per heavy atom. The van der Waals surface area contributed by atoms with Gasteiger partial charge in [0.25, 0.3) is 5.91 Å². The quantitative estimate of drug-likeness (QED) is 0.432. The van der Waals surface area contributed by atoms with E-state index < -0.39 is 0 Å². The molecule has 2 aliphatic rings. The summed E-state index contributed by atoms with van der Waals surface area (Å²) >= 11 is 1.55. The summed E-state index contributed by atoms with van der Waals surface area (Å²) < 4.78 is 7.25. The molecule has 0 saturated heterocycles. The zero-order chi connectivity index (χ0) is 26.2. The summed E-state index contributed by atoms with van der Waals surface area (Å²) in [6.07, 6.45) is 2.83. The number of hydrogen-bond donors (Lipinski definition) is 1. The van der Waals surface area contributed by atoms with Gasteiger partial charge >= 0.3 is 0 Å². The maximum Gasteiger partial charge on any atom is 0.251 e. The zero-order valence-electron chi connectivity index (χ0n) is 21.9. The van der Waals surface area contributed by atoms with Crippen LogP contribution in [0.3, 0.4) is 0 Å². The molecule has 2 fully saturated rings. The van der Waals surface area contributed by atoms with Crippen molar-refractivity contribution < 1.29 is 14.3 Å². The van der Waals surface area contributed by atoms with Crippen LogP contribution in [0.2, 0.25) is 0 Å². The van der Waals surface area contributed by atoms with Crippen molar-refractivity contribution in [3.8, 4) is 5.75 Å². The predicted octanol–water partition coefficient (Wildman–Crippen LogP) is 4.95. The predicted molar refractivity (Wildman–Crippen MR) is 144 cm³/mol. The van der Waals surface area contributed by atoms with E-state index in [0.717, 1.165) is 24.4 Å². The van der Waals surface area contributed by atoms with E-state index in [0.29, 0.717) is 35.4 Å². The smallest absolute Gasteiger partial charge is 0.251 e. The number of ether oxygens (including phenoxy) is 1. The summed E-state index contributed by atoms with van der Waals surface area (Å²) in [6, 6.07) is 17.3. The van der Waals surface area contributed by atoms with Crippen LogP contribution in [0.4, 0.5) is 0 Å². The molecule has 0 radical (unpaired) electrons. The fourth-order valence-corrected chi connectivity index (χ4v) is 7.55. The fraction of sp³-hybridized carbons (Fsp3) is 0.448. The highest BCUT2D eigenvalue weighted by Gasteiger charge is 2.66. The molecule has 1 heterocycles. The van der Waals surface area contributed by atoms with E-state index >= 15 is 0 Å². The molecule has 1 N–H and O–H groups in total. The molecule has 2 bridgehead atoms. The van der Waals surface area contributed by atoms with Crippen LogP contribution in [0.25, 0.3) is 0 Å². The molecule has 37 heavy (non-hydrogen) atoms. The average Bonchev–Trinajstić information content (AvgIpc) is 3.45. The minimum atomic E-state index is -0.278. The Morgan fingerprint density at radius 3 is 2.49 bits per heavy atom. The number of methoxy groups -OCH3 is 1. The van der Waals surface area contributed by atoms with Crippen molar-refractivity contribution in [2.75, 3.05) is 7.11 Å². The molecule has 0 spiro atoms. The lowest BCUT2D eigenvalue weighted by Crippen LogP contribution is -2.34. The van der Waals surface area contributed by atoms with E-state index in [2.05, 4.69) is 53.0 Å². The number of nitrogens with zero attached hydrogens (tertiary/aromatic N) is 3. The Labute approximate surface area is 222 Å². The molecular formula is C29H34N4O3S. The van der Waals surface area contributed by atoms with Crippen molar-refractivity contribution in [1.82, 2.24) is 20.1 Å². The Hall–Kier alpha value is -3.13. The molecule has 3 aromatic rings. The van der Waals surface area contributed by atoms with Crippen molar-refractivity contribution in [1.29, 1.82) is 0 Å². The van der Waals surface area contributed by atoms with Crippen LogP contribution in [-0.2, 0) is 24.3 Å². The number of benzene rings is 2. The standard InChI is InChI=1S/C29H34N4O3S/c1-28(2)22-14-16-29(28,3)25(34)24(22)37-27-32-31-23(33(27)17-15-19-8-6-5-7-9-19)18-30-26(35)20-10-12-21(36-4)13-11-20/h5-13,22,24H,14-18H2,1-4H3,(H,30,35). The molecule has 0 aliphatic heterocycles. The molecule has 1 amide bonds. The zero-order valence-corrected chi connectivity index (χ0v) is 22.7. The monoisotopic (exact) mass is 518 g/mol. The van der Waals surface area contributed by atoms with Crippen LogP contribution < -0.4 is 10.1 Å². The maximum absolute atomic E-state index is 13.5. The normalized spacial score (nSPS) is 23.8. The van der Waals surface area contributed by atoms with Gasteiger partial charge < -0.3 is 14.6 Å². The second kappa shape index (κ2) is 9.97. The number of ketones is 1. The van der Waals surface area contributed by atoms with Gasteiger partial charge in [0.15, 0.2) is 16.8 Å². The lowest BCUT2D eigenvalue weighted by molar-refractivity contribution is -0.127. The topological polar surface area (TPSA) is 86.1 Å². The molecule has 7 nitrogen and oxygen atoms in total. The van der Waals surface area contributed by atoms with Crippen LogP contribution in [0.5, 0.6) is 5.75 Å².